The molecule has 0 saturated carbocycles. The molecule has 1 aromatic heterocycles. The van der Waals surface area contributed by atoms with E-state index in [1.54, 1.807) is 11.7 Å². The van der Waals surface area contributed by atoms with Crippen LogP contribution in [0.5, 0.6) is 5.75 Å². The number of benzene rings is 2. The van der Waals surface area contributed by atoms with Gasteiger partial charge in [-0.25, -0.2) is 13.8 Å². The maximum Gasteiger partial charge on any atom is 0.246 e. The lowest BCUT2D eigenvalue weighted by Crippen LogP contribution is -2.41. The zero-order valence-electron chi connectivity index (χ0n) is 19.3. The van der Waals surface area contributed by atoms with Crippen molar-refractivity contribution in [1.29, 1.82) is 0 Å². The summed E-state index contributed by atoms with van der Waals surface area (Å²) in [5.41, 5.74) is 1.97. The molecule has 0 aliphatic carbocycles. The van der Waals surface area contributed by atoms with E-state index in [0.717, 1.165) is 43.9 Å². The number of carbonyl (C=O) groups is 1. The van der Waals surface area contributed by atoms with Crippen molar-refractivity contribution in [1.82, 2.24) is 19.4 Å². The summed E-state index contributed by atoms with van der Waals surface area (Å²) in [5.74, 6) is -1.10. The van der Waals surface area contributed by atoms with Gasteiger partial charge in [0.1, 0.15) is 11.8 Å². The van der Waals surface area contributed by atoms with E-state index in [0.29, 0.717) is 24.1 Å². The van der Waals surface area contributed by atoms with Gasteiger partial charge in [0.25, 0.3) is 0 Å². The van der Waals surface area contributed by atoms with Crippen LogP contribution in [0, 0.1) is 17.6 Å². The van der Waals surface area contributed by atoms with Gasteiger partial charge in [-0.15, -0.1) is 0 Å². The van der Waals surface area contributed by atoms with Gasteiger partial charge in [-0.05, 0) is 30.0 Å². The van der Waals surface area contributed by atoms with Crippen LogP contribution in [0.4, 0.5) is 8.78 Å². The maximum atomic E-state index is 13.9. The molecule has 1 unspecified atom stereocenters. The molecule has 1 atom stereocenters. The van der Waals surface area contributed by atoms with Crippen molar-refractivity contribution in [2.24, 2.45) is 5.92 Å². The van der Waals surface area contributed by atoms with E-state index in [1.807, 2.05) is 30.9 Å². The number of halogens is 2. The third-order valence-electron chi connectivity index (χ3n) is 6.27. The van der Waals surface area contributed by atoms with E-state index < -0.39 is 17.7 Å². The van der Waals surface area contributed by atoms with Gasteiger partial charge in [0, 0.05) is 44.9 Å². The number of ether oxygens (including phenoxy) is 1. The van der Waals surface area contributed by atoms with Crippen LogP contribution in [-0.4, -0.2) is 58.5 Å². The number of hydrogen-bond donors (Lipinski definition) is 0. The summed E-state index contributed by atoms with van der Waals surface area (Å²) in [4.78, 5) is 22.1. The highest BCUT2D eigenvalue weighted by Gasteiger charge is 2.31. The van der Waals surface area contributed by atoms with Crippen molar-refractivity contribution in [3.05, 3.63) is 59.9 Å². The molecule has 1 aliphatic rings. The predicted octanol–water partition coefficient (Wildman–Crippen LogP) is 4.25. The van der Waals surface area contributed by atoms with Crippen LogP contribution in [0.2, 0.25) is 0 Å². The molecule has 1 amide bonds. The molecule has 1 aliphatic heterocycles. The van der Waals surface area contributed by atoms with Crippen LogP contribution >= 0.6 is 0 Å². The highest BCUT2D eigenvalue weighted by molar-refractivity contribution is 5.84. The molecule has 1 saturated heterocycles. The normalized spacial score (nSPS) is 16.2. The minimum Gasteiger partial charge on any atom is -0.497 e. The number of aromatic nitrogens is 2. The minimum absolute atomic E-state index is 0.0136. The quantitative estimate of drug-likeness (QED) is 0.556. The van der Waals surface area contributed by atoms with Crippen molar-refractivity contribution >= 4 is 16.9 Å². The molecule has 0 bridgehead atoms. The summed E-state index contributed by atoms with van der Waals surface area (Å²) in [7, 11) is 1.65. The first-order chi connectivity index (χ1) is 15.9. The number of fused-ring (bicyclic) bond motifs is 1. The Balaban J connectivity index is 1.48. The standard InChI is InChI=1S/C25H30F2N4O2/c1-17(2)24(31-16-28-22-13-20(26)21(27)14-23(22)31)25(32)30-10-4-9-29(11-12-30)15-18-5-7-19(33-3)8-6-18/h5-8,13-14,16-17,24H,4,9-12,15H2,1-3H3. The zero-order valence-corrected chi connectivity index (χ0v) is 19.3. The van der Waals surface area contributed by atoms with Crippen LogP contribution in [-0.2, 0) is 11.3 Å². The van der Waals surface area contributed by atoms with E-state index >= 15 is 0 Å². The molecule has 0 spiro atoms. The number of carbonyl (C=O) groups excluding carboxylic acids is 1. The number of methoxy groups -OCH3 is 1. The van der Waals surface area contributed by atoms with Gasteiger partial charge in [-0.1, -0.05) is 26.0 Å². The van der Waals surface area contributed by atoms with Crippen LogP contribution < -0.4 is 4.74 Å². The summed E-state index contributed by atoms with van der Waals surface area (Å²) in [6.45, 7) is 7.69. The number of nitrogens with zero attached hydrogens (tertiary/aromatic N) is 4. The molecular weight excluding hydrogens is 426 g/mol. The fraction of sp³-hybridized carbons (Fsp3) is 0.440. The summed E-state index contributed by atoms with van der Waals surface area (Å²) >= 11 is 0. The zero-order chi connectivity index (χ0) is 23.5. The second-order valence-corrected chi connectivity index (χ2v) is 8.90. The van der Waals surface area contributed by atoms with E-state index in [9.17, 15) is 13.6 Å². The first-order valence-corrected chi connectivity index (χ1v) is 11.3. The molecule has 176 valence electrons. The third kappa shape index (κ3) is 5.00. The van der Waals surface area contributed by atoms with Crippen molar-refractivity contribution in [3.63, 3.8) is 0 Å². The van der Waals surface area contributed by atoms with Gasteiger partial charge in [-0.2, -0.15) is 0 Å². The fourth-order valence-corrected chi connectivity index (χ4v) is 4.50. The van der Waals surface area contributed by atoms with Gasteiger partial charge in [0.2, 0.25) is 5.91 Å². The lowest BCUT2D eigenvalue weighted by molar-refractivity contribution is -0.135. The number of rotatable bonds is 6. The molecule has 2 heterocycles. The Morgan fingerprint density at radius 2 is 1.79 bits per heavy atom. The van der Waals surface area contributed by atoms with Gasteiger partial charge in [-0.3, -0.25) is 9.69 Å². The van der Waals surface area contributed by atoms with Crippen molar-refractivity contribution in [2.75, 3.05) is 33.3 Å². The Labute approximate surface area is 192 Å². The fourth-order valence-electron chi connectivity index (χ4n) is 4.50. The first-order valence-electron chi connectivity index (χ1n) is 11.3. The van der Waals surface area contributed by atoms with Crippen molar-refractivity contribution in [2.45, 2.75) is 32.9 Å². The van der Waals surface area contributed by atoms with Crippen LogP contribution in [0.15, 0.2) is 42.7 Å². The summed E-state index contributed by atoms with van der Waals surface area (Å²) in [6.07, 6.45) is 2.39. The Kier molecular flexibility index (Phi) is 6.93. The molecule has 33 heavy (non-hydrogen) atoms. The second-order valence-electron chi connectivity index (χ2n) is 8.90. The van der Waals surface area contributed by atoms with E-state index in [2.05, 4.69) is 22.0 Å². The molecule has 6 nitrogen and oxygen atoms in total. The monoisotopic (exact) mass is 456 g/mol. The molecule has 8 heteroatoms. The Bertz CT molecular complexity index is 1110. The summed E-state index contributed by atoms with van der Waals surface area (Å²) in [6, 6.07) is 9.71. The molecule has 0 radical (unpaired) electrons. The van der Waals surface area contributed by atoms with Crippen LogP contribution in [0.25, 0.3) is 11.0 Å². The number of amides is 1. The third-order valence-corrected chi connectivity index (χ3v) is 6.27. The number of hydrogen-bond acceptors (Lipinski definition) is 4. The molecule has 2 aromatic carbocycles. The molecule has 3 aromatic rings. The Morgan fingerprint density at radius 1 is 1.06 bits per heavy atom. The van der Waals surface area contributed by atoms with Crippen LogP contribution in [0.1, 0.15) is 31.9 Å². The maximum absolute atomic E-state index is 13.9. The summed E-state index contributed by atoms with van der Waals surface area (Å²) in [5, 5.41) is 0. The lowest BCUT2D eigenvalue weighted by Gasteiger charge is -2.29. The highest BCUT2D eigenvalue weighted by atomic mass is 19.2. The number of imidazole rings is 1. The predicted molar refractivity (Wildman–Crippen MR) is 123 cm³/mol. The molecule has 0 N–H and O–H groups in total. The smallest absolute Gasteiger partial charge is 0.246 e. The van der Waals surface area contributed by atoms with Crippen LogP contribution in [0.3, 0.4) is 0 Å². The highest BCUT2D eigenvalue weighted by Crippen LogP contribution is 2.27. The molecule has 1 fully saturated rings. The average molecular weight is 457 g/mol. The van der Waals surface area contributed by atoms with Crippen molar-refractivity contribution in [3.8, 4) is 5.75 Å². The Hall–Kier alpha value is -3.00. The van der Waals surface area contributed by atoms with E-state index in [1.165, 1.54) is 11.9 Å². The van der Waals surface area contributed by atoms with Gasteiger partial charge in [0.15, 0.2) is 11.6 Å². The van der Waals surface area contributed by atoms with E-state index in [4.69, 9.17) is 4.74 Å². The Morgan fingerprint density at radius 3 is 2.48 bits per heavy atom. The lowest BCUT2D eigenvalue weighted by atomic mass is 10.0. The van der Waals surface area contributed by atoms with Gasteiger partial charge >= 0.3 is 0 Å². The largest absolute Gasteiger partial charge is 0.497 e. The molecule has 4 rings (SSSR count). The molecular formula is C25H30F2N4O2. The van der Waals surface area contributed by atoms with Crippen molar-refractivity contribution < 1.29 is 18.3 Å². The average Bonchev–Trinajstić information content (AvgIpc) is 3.03. The minimum atomic E-state index is -0.942. The van der Waals surface area contributed by atoms with Gasteiger partial charge in [0.05, 0.1) is 24.5 Å². The SMILES string of the molecule is COc1ccc(CN2CCCN(C(=O)C(C(C)C)n3cnc4cc(F)c(F)cc43)CC2)cc1. The first kappa shape index (κ1) is 23.2. The summed E-state index contributed by atoms with van der Waals surface area (Å²) < 4.78 is 34.5. The van der Waals surface area contributed by atoms with Gasteiger partial charge < -0.3 is 14.2 Å². The second kappa shape index (κ2) is 9.87. The topological polar surface area (TPSA) is 50.6 Å². The van der Waals surface area contributed by atoms with E-state index in [-0.39, 0.29) is 11.8 Å².